The molecular formula is C23H24Cl2N4O2S2. The Morgan fingerprint density at radius 2 is 2.00 bits per heavy atom. The highest BCUT2D eigenvalue weighted by molar-refractivity contribution is 7.94. The number of nitrogens with zero attached hydrogens (tertiary/aromatic N) is 2. The lowest BCUT2D eigenvalue weighted by Crippen LogP contribution is -2.49. The maximum atomic E-state index is 13.3. The van der Waals surface area contributed by atoms with E-state index in [2.05, 4.69) is 26.8 Å². The van der Waals surface area contributed by atoms with Crippen molar-refractivity contribution in [1.29, 1.82) is 0 Å². The Morgan fingerprint density at radius 1 is 1.18 bits per heavy atom. The van der Waals surface area contributed by atoms with E-state index >= 15 is 0 Å². The first-order valence-electron chi connectivity index (χ1n) is 10.4. The molecule has 2 aromatic heterocycles. The fourth-order valence-electron chi connectivity index (χ4n) is 4.25. The van der Waals surface area contributed by atoms with E-state index in [1.54, 1.807) is 18.3 Å². The summed E-state index contributed by atoms with van der Waals surface area (Å²) in [5, 5.41) is 5.84. The molecule has 0 bridgehead atoms. The number of hydrogen-bond donors (Lipinski definition) is 2. The van der Waals surface area contributed by atoms with Gasteiger partial charge < -0.3 is 10.2 Å². The summed E-state index contributed by atoms with van der Waals surface area (Å²) in [6.07, 6.45) is 1.81. The summed E-state index contributed by atoms with van der Waals surface area (Å²) in [6, 6.07) is 13.3. The van der Waals surface area contributed by atoms with E-state index in [0.29, 0.717) is 26.5 Å². The number of aryl methyl sites for hydroxylation is 1. The summed E-state index contributed by atoms with van der Waals surface area (Å²) in [6.45, 7) is 6.67. The number of fused-ring (bicyclic) bond motifs is 2. The summed E-state index contributed by atoms with van der Waals surface area (Å²) < 4.78 is 30.5. The van der Waals surface area contributed by atoms with E-state index in [-0.39, 0.29) is 12.4 Å². The number of halogens is 2. The second kappa shape index (κ2) is 9.27. The predicted octanol–water partition coefficient (Wildman–Crippen LogP) is 5.43. The van der Waals surface area contributed by atoms with Crippen LogP contribution >= 0.6 is 35.3 Å². The average molecular weight is 524 g/mol. The molecule has 174 valence electrons. The highest BCUT2D eigenvalue weighted by Gasteiger charge is 2.23. The van der Waals surface area contributed by atoms with E-state index in [4.69, 9.17) is 11.6 Å². The number of rotatable bonds is 4. The molecule has 33 heavy (non-hydrogen) atoms. The Bertz CT molecular complexity index is 1440. The molecule has 0 spiro atoms. The molecule has 0 saturated carbocycles. The Balaban J connectivity index is 0.00000259. The van der Waals surface area contributed by atoms with Crippen LogP contribution < -0.4 is 14.9 Å². The van der Waals surface area contributed by atoms with E-state index in [1.807, 2.05) is 37.3 Å². The van der Waals surface area contributed by atoms with Gasteiger partial charge in [0.05, 0.1) is 5.52 Å². The van der Waals surface area contributed by atoms with Gasteiger partial charge in [-0.05, 0) is 67.3 Å². The second-order valence-electron chi connectivity index (χ2n) is 8.12. The third kappa shape index (κ3) is 4.63. The second-order valence-corrected chi connectivity index (χ2v) is 11.5. The number of aromatic nitrogens is 1. The van der Waals surface area contributed by atoms with Crippen molar-refractivity contribution in [3.05, 3.63) is 59.2 Å². The average Bonchev–Trinajstić information content (AvgIpc) is 3.10. The number of thiophene rings is 1. The lowest BCUT2D eigenvalue weighted by molar-refractivity contribution is 0.485. The van der Waals surface area contributed by atoms with Gasteiger partial charge in [-0.1, -0.05) is 11.6 Å². The standard InChI is InChI=1S/C23H23ClN4O2S2.ClH/c1-14-13-28(10-9-25-14)21-7-8-26-20-5-4-17(12-19(20)21)27-32(29,30)23-15(2)18-11-16(24)3-6-22(18)31-23;/h3-8,11-12,14,25,27H,9-10,13H2,1-2H3;1H/t14-;/m1./s1. The first-order valence-corrected chi connectivity index (χ1v) is 13.1. The van der Waals surface area contributed by atoms with Gasteiger partial charge >= 0.3 is 0 Å². The van der Waals surface area contributed by atoms with E-state index < -0.39 is 10.0 Å². The van der Waals surface area contributed by atoms with Crippen molar-refractivity contribution in [2.24, 2.45) is 0 Å². The molecule has 1 fully saturated rings. The van der Waals surface area contributed by atoms with Gasteiger partial charge in [0.15, 0.2) is 0 Å². The van der Waals surface area contributed by atoms with Gasteiger partial charge in [0.1, 0.15) is 4.21 Å². The molecule has 1 atom stereocenters. The van der Waals surface area contributed by atoms with Gasteiger partial charge in [0, 0.05) is 58.4 Å². The van der Waals surface area contributed by atoms with Crippen LogP contribution in [0.15, 0.2) is 52.9 Å². The van der Waals surface area contributed by atoms with E-state index in [1.165, 1.54) is 11.3 Å². The fourth-order valence-corrected chi connectivity index (χ4v) is 7.22. The zero-order chi connectivity index (χ0) is 22.5. The summed E-state index contributed by atoms with van der Waals surface area (Å²) in [7, 11) is -3.75. The first-order chi connectivity index (χ1) is 15.3. The van der Waals surface area contributed by atoms with Crippen LogP contribution in [0.1, 0.15) is 12.5 Å². The van der Waals surface area contributed by atoms with Crippen molar-refractivity contribution >= 4 is 77.7 Å². The molecule has 10 heteroatoms. The van der Waals surface area contributed by atoms with Gasteiger partial charge in [-0.25, -0.2) is 8.42 Å². The van der Waals surface area contributed by atoms with Crippen LogP contribution in [0.3, 0.4) is 0 Å². The third-order valence-electron chi connectivity index (χ3n) is 5.78. The third-order valence-corrected chi connectivity index (χ3v) is 9.29. The smallest absolute Gasteiger partial charge is 0.271 e. The topological polar surface area (TPSA) is 74.3 Å². The Hall–Kier alpha value is -2.10. The molecular weight excluding hydrogens is 499 g/mol. The minimum Gasteiger partial charge on any atom is -0.368 e. The van der Waals surface area contributed by atoms with Crippen LogP contribution in [0, 0.1) is 6.92 Å². The molecule has 6 nitrogen and oxygen atoms in total. The molecule has 2 aromatic carbocycles. The van der Waals surface area contributed by atoms with Crippen LogP contribution in [0.2, 0.25) is 5.02 Å². The van der Waals surface area contributed by atoms with Gasteiger partial charge in [0.2, 0.25) is 0 Å². The largest absolute Gasteiger partial charge is 0.368 e. The fraction of sp³-hybridized carbons (Fsp3) is 0.261. The maximum Gasteiger partial charge on any atom is 0.271 e. The zero-order valence-electron chi connectivity index (χ0n) is 18.1. The quantitative estimate of drug-likeness (QED) is 0.373. The SMILES string of the molecule is Cc1c(S(=O)(=O)Nc2ccc3nccc(N4CCN[C@H](C)C4)c3c2)sc2ccc(Cl)cc12.Cl. The molecule has 0 unspecified atom stereocenters. The van der Waals surface area contributed by atoms with Crippen LogP contribution in [0.4, 0.5) is 11.4 Å². The molecule has 5 rings (SSSR count). The summed E-state index contributed by atoms with van der Waals surface area (Å²) in [5.74, 6) is 0. The molecule has 0 radical (unpaired) electrons. The minimum atomic E-state index is -3.75. The van der Waals surface area contributed by atoms with Gasteiger partial charge in [0.25, 0.3) is 10.0 Å². The lowest BCUT2D eigenvalue weighted by atomic mass is 10.1. The number of nitrogens with one attached hydrogen (secondary N) is 2. The molecule has 0 aliphatic carbocycles. The molecule has 0 amide bonds. The number of benzene rings is 2. The monoisotopic (exact) mass is 522 g/mol. The Labute approximate surface area is 208 Å². The molecule has 1 aliphatic heterocycles. The van der Waals surface area contributed by atoms with Crippen molar-refractivity contribution in [2.75, 3.05) is 29.3 Å². The molecule has 1 aliphatic rings. The lowest BCUT2D eigenvalue weighted by Gasteiger charge is -2.34. The van der Waals surface area contributed by atoms with E-state index in [9.17, 15) is 8.42 Å². The van der Waals surface area contributed by atoms with Crippen LogP contribution in [-0.4, -0.2) is 39.1 Å². The van der Waals surface area contributed by atoms with Crippen molar-refractivity contribution in [3.8, 4) is 0 Å². The first kappa shape index (κ1) is 24.0. The molecule has 1 saturated heterocycles. The summed E-state index contributed by atoms with van der Waals surface area (Å²) in [4.78, 5) is 6.80. The Morgan fingerprint density at radius 3 is 2.79 bits per heavy atom. The van der Waals surface area contributed by atoms with Crippen LogP contribution in [-0.2, 0) is 10.0 Å². The minimum absolute atomic E-state index is 0. The highest BCUT2D eigenvalue weighted by atomic mass is 35.5. The molecule has 3 heterocycles. The zero-order valence-corrected chi connectivity index (χ0v) is 21.3. The highest BCUT2D eigenvalue weighted by Crippen LogP contribution is 2.37. The van der Waals surface area contributed by atoms with Crippen molar-refractivity contribution < 1.29 is 8.42 Å². The normalized spacial score (nSPS) is 16.7. The molecule has 2 N–H and O–H groups in total. The van der Waals surface area contributed by atoms with Gasteiger partial charge in [-0.2, -0.15) is 0 Å². The number of hydrogen-bond acceptors (Lipinski definition) is 6. The van der Waals surface area contributed by atoms with E-state index in [0.717, 1.165) is 46.3 Å². The Kier molecular flexibility index (Phi) is 6.75. The number of anilines is 2. The summed E-state index contributed by atoms with van der Waals surface area (Å²) in [5.41, 5.74) is 3.13. The molecule has 4 aromatic rings. The predicted molar refractivity (Wildman–Crippen MR) is 141 cm³/mol. The van der Waals surface area contributed by atoms with Crippen LogP contribution in [0.5, 0.6) is 0 Å². The number of sulfonamides is 1. The van der Waals surface area contributed by atoms with Crippen molar-refractivity contribution in [1.82, 2.24) is 10.3 Å². The van der Waals surface area contributed by atoms with Crippen LogP contribution in [0.25, 0.3) is 21.0 Å². The van der Waals surface area contributed by atoms with Gasteiger partial charge in [-0.15, -0.1) is 23.7 Å². The van der Waals surface area contributed by atoms with Gasteiger partial charge in [-0.3, -0.25) is 9.71 Å². The number of piperazine rings is 1. The van der Waals surface area contributed by atoms with Crippen molar-refractivity contribution in [2.45, 2.75) is 24.1 Å². The summed E-state index contributed by atoms with van der Waals surface area (Å²) >= 11 is 7.36. The number of pyridine rings is 1. The maximum absolute atomic E-state index is 13.3. The van der Waals surface area contributed by atoms with Crippen molar-refractivity contribution in [3.63, 3.8) is 0 Å².